The van der Waals surface area contributed by atoms with Crippen molar-refractivity contribution in [3.05, 3.63) is 0 Å². The first-order valence-corrected chi connectivity index (χ1v) is 11.2. The molecule has 0 bridgehead atoms. The molecule has 0 aromatic rings. The summed E-state index contributed by atoms with van der Waals surface area (Å²) in [5.41, 5.74) is -1.10. The lowest BCUT2D eigenvalue weighted by Crippen LogP contribution is -2.57. The molecular weight excluding hydrogens is 354 g/mol. The maximum atomic E-state index is 13.7. The summed E-state index contributed by atoms with van der Waals surface area (Å²) in [5, 5.41) is 0. The fraction of sp³-hybridized carbons (Fsp3) is 0.826. The minimum absolute atomic E-state index is 0.0000125. The molecule has 5 rings (SSSR count). The van der Waals surface area contributed by atoms with Crippen LogP contribution in [0.5, 0.6) is 0 Å². The lowest BCUT2D eigenvalue weighted by atomic mass is 9.70. The van der Waals surface area contributed by atoms with Crippen LogP contribution in [-0.4, -0.2) is 40.2 Å². The van der Waals surface area contributed by atoms with Crippen molar-refractivity contribution >= 4 is 23.3 Å². The van der Waals surface area contributed by atoms with E-state index in [0.717, 1.165) is 38.5 Å². The lowest BCUT2D eigenvalue weighted by molar-refractivity contribution is -0.155. The van der Waals surface area contributed by atoms with E-state index in [9.17, 15) is 19.2 Å². The van der Waals surface area contributed by atoms with E-state index in [1.54, 1.807) is 0 Å². The molecule has 2 saturated heterocycles. The molecule has 0 N–H and O–H groups in total. The quantitative estimate of drug-likeness (QED) is 0.642. The van der Waals surface area contributed by atoms with Gasteiger partial charge in [0.25, 0.3) is 0 Å². The van der Waals surface area contributed by atoms with Crippen LogP contribution in [-0.2, 0) is 19.2 Å². The van der Waals surface area contributed by atoms with Gasteiger partial charge in [0.05, 0.1) is 6.04 Å². The van der Waals surface area contributed by atoms with E-state index in [1.165, 1.54) is 0 Å². The summed E-state index contributed by atoms with van der Waals surface area (Å²) in [6, 6.07) is -0.592. The van der Waals surface area contributed by atoms with Crippen LogP contribution in [0.3, 0.4) is 0 Å². The van der Waals surface area contributed by atoms with Crippen molar-refractivity contribution in [2.75, 3.05) is 0 Å². The van der Waals surface area contributed by atoms with E-state index < -0.39 is 16.9 Å². The first kappa shape index (κ1) is 18.5. The first-order valence-electron chi connectivity index (χ1n) is 11.2. The predicted molar refractivity (Wildman–Crippen MR) is 102 cm³/mol. The van der Waals surface area contributed by atoms with Gasteiger partial charge in [0, 0.05) is 41.5 Å². The third kappa shape index (κ3) is 2.19. The van der Waals surface area contributed by atoms with Gasteiger partial charge in [-0.3, -0.25) is 19.2 Å². The molecular formula is C23H31NO4. The molecule has 2 aliphatic heterocycles. The Morgan fingerprint density at radius 2 is 1.46 bits per heavy atom. The highest BCUT2D eigenvalue weighted by Crippen LogP contribution is 2.60. The maximum absolute atomic E-state index is 13.7. The number of nitrogens with zero attached hydrogens (tertiary/aromatic N) is 1. The molecule has 5 heteroatoms. The minimum atomic E-state index is -0.576. The van der Waals surface area contributed by atoms with Crippen LogP contribution < -0.4 is 0 Å². The van der Waals surface area contributed by atoms with E-state index in [1.807, 2.05) is 18.7 Å². The normalized spacial score (nSPS) is 48.5. The molecule has 152 valence electrons. The van der Waals surface area contributed by atoms with Crippen molar-refractivity contribution in [2.45, 2.75) is 90.1 Å². The number of piperidine rings is 1. The van der Waals surface area contributed by atoms with E-state index in [2.05, 4.69) is 0 Å². The topological polar surface area (TPSA) is 71.5 Å². The number of rotatable bonds is 0. The molecule has 5 nitrogen and oxygen atoms in total. The van der Waals surface area contributed by atoms with Crippen molar-refractivity contribution in [3.63, 3.8) is 0 Å². The second-order valence-corrected chi connectivity index (χ2v) is 10.5. The van der Waals surface area contributed by atoms with E-state index in [4.69, 9.17) is 0 Å². The molecule has 7 atom stereocenters. The smallest absolute Gasteiger partial charge is 0.227 e. The van der Waals surface area contributed by atoms with E-state index in [0.29, 0.717) is 25.7 Å². The zero-order chi connectivity index (χ0) is 19.8. The Balaban J connectivity index is 1.55. The number of Topliss-reactive ketones (excluding diaryl/α,β-unsaturated/α-hetero) is 3. The molecule has 5 fully saturated rings. The summed E-state index contributed by atoms with van der Waals surface area (Å²) in [5.74, 6) is 0.00268. The Morgan fingerprint density at radius 3 is 2.18 bits per heavy atom. The van der Waals surface area contributed by atoms with Crippen molar-refractivity contribution < 1.29 is 19.2 Å². The van der Waals surface area contributed by atoms with Gasteiger partial charge in [0.1, 0.15) is 11.6 Å². The van der Waals surface area contributed by atoms with Crippen LogP contribution >= 0.6 is 0 Å². The van der Waals surface area contributed by atoms with Gasteiger partial charge in [0.15, 0.2) is 5.78 Å². The second kappa shape index (κ2) is 5.99. The summed E-state index contributed by atoms with van der Waals surface area (Å²) in [6.07, 6.45) is 7.52. The van der Waals surface area contributed by atoms with Crippen LogP contribution in [0.15, 0.2) is 0 Å². The molecule has 3 saturated carbocycles. The number of hydrogen-bond acceptors (Lipinski definition) is 4. The number of carbonyl (C=O) groups excluding carboxylic acids is 4. The SMILES string of the molecule is C[C@@]12CC3C(=O)N4C(C[C@@]5(C)C(=O)CCCCC45)C(=O)C3C1CCCCC2=O. The molecule has 3 aliphatic carbocycles. The fourth-order valence-electron chi connectivity index (χ4n) is 7.59. The summed E-state index contributed by atoms with van der Waals surface area (Å²) in [7, 11) is 0. The summed E-state index contributed by atoms with van der Waals surface area (Å²) in [6.45, 7) is 3.99. The number of hydrogen-bond donors (Lipinski definition) is 0. The second-order valence-electron chi connectivity index (χ2n) is 10.5. The number of fused-ring (bicyclic) bond motifs is 6. The number of ketones is 3. The van der Waals surface area contributed by atoms with Crippen LogP contribution in [0.4, 0.5) is 0 Å². The number of carbonyl (C=O) groups is 4. The molecule has 0 aromatic heterocycles. The molecule has 1 amide bonds. The van der Waals surface area contributed by atoms with Crippen LogP contribution in [0, 0.1) is 28.6 Å². The zero-order valence-corrected chi connectivity index (χ0v) is 17.0. The lowest BCUT2D eigenvalue weighted by Gasteiger charge is -2.41. The van der Waals surface area contributed by atoms with Crippen LogP contribution in [0.1, 0.15) is 78.1 Å². The summed E-state index contributed by atoms with van der Waals surface area (Å²) < 4.78 is 0. The fourth-order valence-corrected chi connectivity index (χ4v) is 7.59. The predicted octanol–water partition coefficient (Wildman–Crippen LogP) is 3.09. The molecule has 2 heterocycles. The summed E-state index contributed by atoms with van der Waals surface area (Å²) >= 11 is 0. The van der Waals surface area contributed by atoms with Crippen LogP contribution in [0.2, 0.25) is 0 Å². The Kier molecular flexibility index (Phi) is 3.96. The third-order valence-electron chi connectivity index (χ3n) is 9.16. The Morgan fingerprint density at radius 1 is 0.821 bits per heavy atom. The molecule has 28 heavy (non-hydrogen) atoms. The van der Waals surface area contributed by atoms with Gasteiger partial charge in [-0.2, -0.15) is 0 Å². The largest absolute Gasteiger partial charge is 0.328 e. The molecule has 0 aromatic carbocycles. The third-order valence-corrected chi connectivity index (χ3v) is 9.16. The monoisotopic (exact) mass is 385 g/mol. The van der Waals surface area contributed by atoms with Gasteiger partial charge < -0.3 is 4.90 Å². The van der Waals surface area contributed by atoms with E-state index in [-0.39, 0.29) is 47.1 Å². The summed E-state index contributed by atoms with van der Waals surface area (Å²) in [4.78, 5) is 55.0. The van der Waals surface area contributed by atoms with Crippen molar-refractivity contribution in [1.29, 1.82) is 0 Å². The highest BCUT2D eigenvalue weighted by Gasteiger charge is 2.67. The van der Waals surface area contributed by atoms with Crippen molar-refractivity contribution in [1.82, 2.24) is 4.90 Å². The Labute approximate surface area is 166 Å². The number of amides is 1. The first-order chi connectivity index (χ1) is 13.3. The zero-order valence-electron chi connectivity index (χ0n) is 17.0. The Bertz CT molecular complexity index is 711. The van der Waals surface area contributed by atoms with Crippen molar-refractivity contribution in [2.24, 2.45) is 28.6 Å². The molecule has 5 unspecified atom stereocenters. The van der Waals surface area contributed by atoms with Crippen molar-refractivity contribution in [3.8, 4) is 0 Å². The van der Waals surface area contributed by atoms with Gasteiger partial charge in [-0.25, -0.2) is 0 Å². The molecule has 5 aliphatic rings. The van der Waals surface area contributed by atoms with Gasteiger partial charge in [-0.1, -0.05) is 26.7 Å². The average Bonchev–Trinajstić information content (AvgIpc) is 3.03. The van der Waals surface area contributed by atoms with Gasteiger partial charge in [0.2, 0.25) is 5.91 Å². The van der Waals surface area contributed by atoms with Gasteiger partial charge in [-0.15, -0.1) is 0 Å². The van der Waals surface area contributed by atoms with Crippen LogP contribution in [0.25, 0.3) is 0 Å². The highest BCUT2D eigenvalue weighted by molar-refractivity contribution is 6.03. The van der Waals surface area contributed by atoms with E-state index >= 15 is 0 Å². The Hall–Kier alpha value is -1.52. The maximum Gasteiger partial charge on any atom is 0.227 e. The average molecular weight is 386 g/mol. The minimum Gasteiger partial charge on any atom is -0.328 e. The standard InChI is InChI=1S/C23H31NO4/c1-22-11-13-19(14(22)7-3-5-9-17(22)25)20(27)15-12-23(2)16(24(15)21(13)28)8-4-6-10-18(23)26/h13-16,19H,3-12H2,1-2H3/t13?,14?,15?,16?,19?,22-,23-/m1/s1. The van der Waals surface area contributed by atoms with Gasteiger partial charge in [-0.05, 0) is 44.4 Å². The highest BCUT2D eigenvalue weighted by atomic mass is 16.2. The molecule has 0 radical (unpaired) electrons. The molecule has 0 spiro atoms. The van der Waals surface area contributed by atoms with Gasteiger partial charge >= 0.3 is 0 Å².